The molecule has 0 atom stereocenters. The summed E-state index contributed by atoms with van der Waals surface area (Å²) < 4.78 is 4.86. The van der Waals surface area contributed by atoms with Crippen molar-refractivity contribution in [3.8, 4) is 0 Å². The quantitative estimate of drug-likeness (QED) is 0.419. The van der Waals surface area contributed by atoms with Crippen LogP contribution in [0.5, 0.6) is 0 Å². The standard InChI is InChI=1S/C8H13NO2/c10-9-6-4-2-1-3-5-8-7-11-8/h7H,1-6H2. The first-order valence-corrected chi connectivity index (χ1v) is 4.08. The van der Waals surface area contributed by atoms with Gasteiger partial charge < -0.3 is 4.74 Å². The van der Waals surface area contributed by atoms with Gasteiger partial charge in [0, 0.05) is 6.42 Å². The van der Waals surface area contributed by atoms with E-state index in [1.807, 2.05) is 0 Å². The van der Waals surface area contributed by atoms with Crippen molar-refractivity contribution >= 4 is 0 Å². The molecule has 1 heterocycles. The highest BCUT2D eigenvalue weighted by atomic mass is 16.5. The molecule has 0 aliphatic carbocycles. The summed E-state index contributed by atoms with van der Waals surface area (Å²) in [4.78, 5) is 9.68. The first-order chi connectivity index (χ1) is 5.43. The van der Waals surface area contributed by atoms with E-state index in [1.54, 1.807) is 6.26 Å². The molecule has 1 aliphatic heterocycles. The fourth-order valence-electron chi connectivity index (χ4n) is 0.989. The number of allylic oxidation sites excluding steroid dienone is 1. The van der Waals surface area contributed by atoms with Crippen molar-refractivity contribution in [2.75, 3.05) is 6.54 Å². The van der Waals surface area contributed by atoms with Gasteiger partial charge in [-0.15, -0.1) is 0 Å². The molecular weight excluding hydrogens is 142 g/mol. The third kappa shape index (κ3) is 4.53. The van der Waals surface area contributed by atoms with E-state index in [4.69, 9.17) is 4.74 Å². The molecule has 0 radical (unpaired) electrons. The molecule has 3 heteroatoms. The number of nitroso groups, excluding NO2 is 1. The van der Waals surface area contributed by atoms with E-state index < -0.39 is 0 Å². The summed E-state index contributed by atoms with van der Waals surface area (Å²) in [7, 11) is 0. The second-order valence-electron chi connectivity index (χ2n) is 2.72. The minimum atomic E-state index is 0.471. The molecule has 0 spiro atoms. The van der Waals surface area contributed by atoms with Crippen LogP contribution in [-0.2, 0) is 4.74 Å². The van der Waals surface area contributed by atoms with E-state index in [0.29, 0.717) is 6.54 Å². The van der Waals surface area contributed by atoms with E-state index in [0.717, 1.165) is 25.0 Å². The molecule has 3 nitrogen and oxygen atoms in total. The molecule has 0 fully saturated rings. The van der Waals surface area contributed by atoms with Gasteiger partial charge in [-0.25, -0.2) is 0 Å². The topological polar surface area (TPSA) is 42.0 Å². The molecule has 0 saturated carbocycles. The maximum atomic E-state index is 9.68. The van der Waals surface area contributed by atoms with Crippen molar-refractivity contribution in [1.82, 2.24) is 0 Å². The Hall–Kier alpha value is -0.860. The second kappa shape index (κ2) is 4.88. The Balaban J connectivity index is 1.72. The summed E-state index contributed by atoms with van der Waals surface area (Å²) in [5.41, 5.74) is 0. The number of hydrogen-bond donors (Lipinski definition) is 0. The molecule has 0 aromatic heterocycles. The monoisotopic (exact) mass is 155 g/mol. The van der Waals surface area contributed by atoms with E-state index in [2.05, 4.69) is 5.18 Å². The smallest absolute Gasteiger partial charge is 0.138 e. The minimum absolute atomic E-state index is 0.471. The number of hydrogen-bond acceptors (Lipinski definition) is 3. The zero-order chi connectivity index (χ0) is 7.94. The lowest BCUT2D eigenvalue weighted by Gasteiger charge is -1.94. The fourth-order valence-corrected chi connectivity index (χ4v) is 0.989. The van der Waals surface area contributed by atoms with E-state index in [9.17, 15) is 4.91 Å². The highest BCUT2D eigenvalue weighted by molar-refractivity contribution is 5.01. The molecule has 62 valence electrons. The molecule has 11 heavy (non-hydrogen) atoms. The minimum Gasteiger partial charge on any atom is -0.463 e. The molecule has 1 aliphatic rings. The van der Waals surface area contributed by atoms with Crippen LogP contribution in [0.25, 0.3) is 0 Å². The van der Waals surface area contributed by atoms with E-state index in [-0.39, 0.29) is 0 Å². The molecule has 0 N–H and O–H groups in total. The van der Waals surface area contributed by atoms with E-state index in [1.165, 1.54) is 12.8 Å². The average Bonchev–Trinajstić information content (AvgIpc) is 2.80. The van der Waals surface area contributed by atoms with Gasteiger partial charge >= 0.3 is 0 Å². The summed E-state index contributed by atoms with van der Waals surface area (Å²) >= 11 is 0. The van der Waals surface area contributed by atoms with Crippen LogP contribution >= 0.6 is 0 Å². The van der Waals surface area contributed by atoms with Crippen LogP contribution in [0.3, 0.4) is 0 Å². The molecule has 0 amide bonds. The van der Waals surface area contributed by atoms with Crippen LogP contribution < -0.4 is 0 Å². The van der Waals surface area contributed by atoms with Crippen LogP contribution in [0.2, 0.25) is 0 Å². The summed E-state index contributed by atoms with van der Waals surface area (Å²) in [5, 5.41) is 2.79. The predicted molar refractivity (Wildman–Crippen MR) is 42.9 cm³/mol. The van der Waals surface area contributed by atoms with Gasteiger partial charge in [0.2, 0.25) is 0 Å². The zero-order valence-electron chi connectivity index (χ0n) is 6.58. The molecule has 0 saturated heterocycles. The molecule has 0 bridgehead atoms. The number of ether oxygens (including phenoxy) is 1. The SMILES string of the molecule is O=NCCCCCCC1=CO1. The van der Waals surface area contributed by atoms with Gasteiger partial charge in [-0.2, -0.15) is 4.91 Å². The van der Waals surface area contributed by atoms with Gasteiger partial charge in [-0.05, 0) is 12.8 Å². The van der Waals surface area contributed by atoms with Crippen molar-refractivity contribution in [1.29, 1.82) is 0 Å². The van der Waals surface area contributed by atoms with Gasteiger partial charge in [-0.1, -0.05) is 18.0 Å². The summed E-state index contributed by atoms with van der Waals surface area (Å²) in [6, 6.07) is 0. The highest BCUT2D eigenvalue weighted by Crippen LogP contribution is 2.20. The Morgan fingerprint density at radius 2 is 2.00 bits per heavy atom. The van der Waals surface area contributed by atoms with Crippen LogP contribution in [0, 0.1) is 4.91 Å². The molecule has 0 aromatic carbocycles. The number of unbranched alkanes of at least 4 members (excludes halogenated alkanes) is 3. The highest BCUT2D eigenvalue weighted by Gasteiger charge is 2.07. The first kappa shape index (κ1) is 8.24. The Morgan fingerprint density at radius 1 is 1.27 bits per heavy atom. The van der Waals surface area contributed by atoms with Crippen molar-refractivity contribution in [3.05, 3.63) is 16.9 Å². The van der Waals surface area contributed by atoms with Crippen molar-refractivity contribution in [3.63, 3.8) is 0 Å². The van der Waals surface area contributed by atoms with Crippen LogP contribution in [0.4, 0.5) is 0 Å². The Bertz CT molecular complexity index is 154. The van der Waals surface area contributed by atoms with Gasteiger partial charge in [0.15, 0.2) is 0 Å². The second-order valence-corrected chi connectivity index (χ2v) is 2.72. The third-order valence-corrected chi connectivity index (χ3v) is 1.71. The summed E-state index contributed by atoms with van der Waals surface area (Å²) in [6.45, 7) is 0.471. The summed E-state index contributed by atoms with van der Waals surface area (Å²) in [6.07, 6.45) is 7.24. The lowest BCUT2D eigenvalue weighted by atomic mass is 10.1. The Labute approximate surface area is 66.4 Å². The molecule has 0 unspecified atom stereocenters. The summed E-state index contributed by atoms with van der Waals surface area (Å²) in [5.74, 6) is 1.12. The lowest BCUT2D eigenvalue weighted by Crippen LogP contribution is -1.81. The first-order valence-electron chi connectivity index (χ1n) is 4.08. The van der Waals surface area contributed by atoms with Gasteiger partial charge in [-0.3, -0.25) is 0 Å². The van der Waals surface area contributed by atoms with Crippen molar-refractivity contribution < 1.29 is 4.74 Å². The molecule has 0 aromatic rings. The fraction of sp³-hybridized carbons (Fsp3) is 0.750. The maximum absolute atomic E-state index is 9.68. The third-order valence-electron chi connectivity index (χ3n) is 1.71. The molecular formula is C8H13NO2. The lowest BCUT2D eigenvalue weighted by molar-refractivity contribution is 0.472. The van der Waals surface area contributed by atoms with Gasteiger partial charge in [0.25, 0.3) is 0 Å². The largest absolute Gasteiger partial charge is 0.463 e. The van der Waals surface area contributed by atoms with Gasteiger partial charge in [0.1, 0.15) is 12.0 Å². The number of nitrogens with zero attached hydrogens (tertiary/aromatic N) is 1. The Kier molecular flexibility index (Phi) is 3.65. The normalized spacial score (nSPS) is 13.6. The van der Waals surface area contributed by atoms with Gasteiger partial charge in [0.05, 0.1) is 6.54 Å². The predicted octanol–water partition coefficient (Wildman–Crippen LogP) is 2.57. The number of rotatable bonds is 7. The van der Waals surface area contributed by atoms with Crippen LogP contribution in [0.1, 0.15) is 32.1 Å². The molecule has 1 rings (SSSR count). The van der Waals surface area contributed by atoms with Crippen LogP contribution in [0.15, 0.2) is 17.2 Å². The van der Waals surface area contributed by atoms with E-state index >= 15 is 0 Å². The van der Waals surface area contributed by atoms with Crippen molar-refractivity contribution in [2.45, 2.75) is 32.1 Å². The zero-order valence-corrected chi connectivity index (χ0v) is 6.58. The maximum Gasteiger partial charge on any atom is 0.138 e. The van der Waals surface area contributed by atoms with Crippen LogP contribution in [-0.4, -0.2) is 6.54 Å². The average molecular weight is 155 g/mol. The van der Waals surface area contributed by atoms with Crippen molar-refractivity contribution in [2.24, 2.45) is 5.18 Å². The Morgan fingerprint density at radius 3 is 2.64 bits per heavy atom.